The zero-order valence-electron chi connectivity index (χ0n) is 12.4. The number of allylic oxidation sites excluding steroid dienone is 1. The number of halogens is 2. The topological polar surface area (TPSA) is 54.0 Å². The summed E-state index contributed by atoms with van der Waals surface area (Å²) >= 11 is 0. The number of hydrogen-bond acceptors (Lipinski definition) is 5. The Labute approximate surface area is 124 Å². The van der Waals surface area contributed by atoms with Crippen molar-refractivity contribution in [1.29, 1.82) is 0 Å². The number of rotatable bonds is 9. The standard InChI is InChI=1S/C13H23F2O5P/c1-3-19-21(16,20-4-2)13(14,15)9-7-11-18-12-8-5-6-10-17-12/h7,9,12H,3-6,8,10-11H2,1-2H3/b9-7-. The van der Waals surface area contributed by atoms with Crippen molar-refractivity contribution in [3.05, 3.63) is 12.2 Å². The Morgan fingerprint density at radius 2 is 1.95 bits per heavy atom. The predicted octanol–water partition coefficient (Wildman–Crippen LogP) is 3.94. The molecule has 0 radical (unpaired) electrons. The van der Waals surface area contributed by atoms with E-state index in [0.717, 1.165) is 25.3 Å². The molecule has 0 aromatic rings. The first kappa shape index (κ1) is 18.7. The third-order valence-corrected chi connectivity index (χ3v) is 4.87. The van der Waals surface area contributed by atoms with Crippen LogP contribution in [0.4, 0.5) is 8.78 Å². The monoisotopic (exact) mass is 328 g/mol. The van der Waals surface area contributed by atoms with E-state index in [0.29, 0.717) is 12.7 Å². The van der Waals surface area contributed by atoms with Crippen molar-refractivity contribution in [2.45, 2.75) is 45.1 Å². The van der Waals surface area contributed by atoms with E-state index in [-0.39, 0.29) is 26.1 Å². The molecule has 1 atom stereocenters. The Morgan fingerprint density at radius 3 is 2.48 bits per heavy atom. The van der Waals surface area contributed by atoms with Gasteiger partial charge in [0.15, 0.2) is 6.29 Å². The van der Waals surface area contributed by atoms with Gasteiger partial charge in [-0.15, -0.1) is 0 Å². The summed E-state index contributed by atoms with van der Waals surface area (Å²) in [6.45, 7) is 3.30. The molecule has 0 amide bonds. The second kappa shape index (κ2) is 8.96. The number of ether oxygens (including phenoxy) is 2. The molecule has 1 fully saturated rings. The van der Waals surface area contributed by atoms with Gasteiger partial charge >= 0.3 is 13.3 Å². The summed E-state index contributed by atoms with van der Waals surface area (Å²) in [6, 6.07) is 0. The van der Waals surface area contributed by atoms with Crippen LogP contribution in [0.3, 0.4) is 0 Å². The van der Waals surface area contributed by atoms with Gasteiger partial charge in [0.2, 0.25) is 0 Å². The average Bonchev–Trinajstić information content (AvgIpc) is 2.45. The van der Waals surface area contributed by atoms with Crippen LogP contribution in [-0.4, -0.2) is 38.4 Å². The molecule has 1 aliphatic rings. The van der Waals surface area contributed by atoms with Gasteiger partial charge in [-0.2, -0.15) is 8.78 Å². The minimum absolute atomic E-state index is 0.0431. The highest BCUT2D eigenvalue weighted by Crippen LogP contribution is 2.62. The maximum Gasteiger partial charge on any atom is 0.403 e. The van der Waals surface area contributed by atoms with Crippen LogP contribution < -0.4 is 0 Å². The average molecular weight is 328 g/mol. The Kier molecular flexibility index (Phi) is 7.98. The van der Waals surface area contributed by atoms with Gasteiger partial charge in [0, 0.05) is 6.61 Å². The van der Waals surface area contributed by atoms with Crippen LogP contribution in [0.5, 0.6) is 0 Å². The molecule has 1 heterocycles. The van der Waals surface area contributed by atoms with Gasteiger partial charge in [0.1, 0.15) is 0 Å². The van der Waals surface area contributed by atoms with Crippen LogP contribution in [0.15, 0.2) is 12.2 Å². The summed E-state index contributed by atoms with van der Waals surface area (Å²) in [5.74, 6) is 0. The van der Waals surface area contributed by atoms with Crippen LogP contribution in [0.2, 0.25) is 0 Å². The SMILES string of the molecule is CCOP(=O)(OCC)C(F)(F)/C=C\COC1CCCCO1. The van der Waals surface area contributed by atoms with Crippen molar-refractivity contribution in [3.8, 4) is 0 Å². The molecule has 1 rings (SSSR count). The highest BCUT2D eigenvalue weighted by molar-refractivity contribution is 7.55. The van der Waals surface area contributed by atoms with E-state index in [4.69, 9.17) is 9.47 Å². The van der Waals surface area contributed by atoms with Gasteiger partial charge in [-0.25, -0.2) is 0 Å². The molecule has 8 heteroatoms. The summed E-state index contributed by atoms with van der Waals surface area (Å²) < 4.78 is 59.8. The fourth-order valence-corrected chi connectivity index (χ4v) is 3.22. The van der Waals surface area contributed by atoms with Gasteiger partial charge in [0.25, 0.3) is 0 Å². The fourth-order valence-electron chi connectivity index (χ4n) is 1.84. The molecule has 124 valence electrons. The third-order valence-electron chi connectivity index (χ3n) is 2.80. The Hall–Kier alpha value is -0.330. The molecule has 0 spiro atoms. The quantitative estimate of drug-likeness (QED) is 0.474. The van der Waals surface area contributed by atoms with Crippen LogP contribution in [0.25, 0.3) is 0 Å². The van der Waals surface area contributed by atoms with E-state index in [1.165, 1.54) is 13.8 Å². The fraction of sp³-hybridized carbons (Fsp3) is 0.846. The largest absolute Gasteiger partial charge is 0.403 e. The van der Waals surface area contributed by atoms with Crippen LogP contribution in [-0.2, 0) is 23.1 Å². The second-order valence-corrected chi connectivity index (χ2v) is 6.56. The first-order chi connectivity index (χ1) is 9.95. The molecule has 21 heavy (non-hydrogen) atoms. The van der Waals surface area contributed by atoms with E-state index < -0.39 is 13.3 Å². The lowest BCUT2D eigenvalue weighted by atomic mass is 10.2. The zero-order valence-corrected chi connectivity index (χ0v) is 13.3. The molecular formula is C13H23F2O5P. The second-order valence-electron chi connectivity index (χ2n) is 4.45. The van der Waals surface area contributed by atoms with E-state index in [9.17, 15) is 13.3 Å². The molecular weight excluding hydrogens is 305 g/mol. The van der Waals surface area contributed by atoms with Gasteiger partial charge < -0.3 is 18.5 Å². The highest BCUT2D eigenvalue weighted by atomic mass is 31.2. The maximum absolute atomic E-state index is 13.9. The lowest BCUT2D eigenvalue weighted by Gasteiger charge is -2.24. The van der Waals surface area contributed by atoms with Crippen molar-refractivity contribution in [2.24, 2.45) is 0 Å². The van der Waals surface area contributed by atoms with E-state index in [1.807, 2.05) is 0 Å². The first-order valence-corrected chi connectivity index (χ1v) is 8.67. The van der Waals surface area contributed by atoms with Gasteiger partial charge in [0.05, 0.1) is 19.8 Å². The maximum atomic E-state index is 13.9. The zero-order chi connectivity index (χ0) is 15.8. The predicted molar refractivity (Wildman–Crippen MR) is 74.5 cm³/mol. The van der Waals surface area contributed by atoms with Gasteiger partial charge in [-0.05, 0) is 39.2 Å². The summed E-state index contributed by atoms with van der Waals surface area (Å²) in [6.07, 6.45) is 4.00. The highest BCUT2D eigenvalue weighted by Gasteiger charge is 2.51. The molecule has 1 unspecified atom stereocenters. The summed E-state index contributed by atoms with van der Waals surface area (Å²) in [5, 5.41) is 0. The van der Waals surface area contributed by atoms with E-state index in [1.54, 1.807) is 0 Å². The van der Waals surface area contributed by atoms with Crippen molar-refractivity contribution < 1.29 is 31.9 Å². The molecule has 5 nitrogen and oxygen atoms in total. The summed E-state index contributed by atoms with van der Waals surface area (Å²) in [5.41, 5.74) is -3.68. The molecule has 0 aliphatic carbocycles. The normalized spacial score (nSPS) is 21.0. The van der Waals surface area contributed by atoms with Crippen LogP contribution in [0, 0.1) is 0 Å². The Balaban J connectivity index is 2.51. The molecule has 0 aromatic carbocycles. The third kappa shape index (κ3) is 5.75. The van der Waals surface area contributed by atoms with Crippen LogP contribution in [0.1, 0.15) is 33.1 Å². The van der Waals surface area contributed by atoms with Crippen molar-refractivity contribution in [2.75, 3.05) is 26.4 Å². The van der Waals surface area contributed by atoms with Crippen molar-refractivity contribution in [1.82, 2.24) is 0 Å². The van der Waals surface area contributed by atoms with Gasteiger partial charge in [-0.3, -0.25) is 4.57 Å². The smallest absolute Gasteiger partial charge is 0.353 e. The molecule has 1 saturated heterocycles. The number of alkyl halides is 2. The Morgan fingerprint density at radius 1 is 1.29 bits per heavy atom. The molecule has 0 N–H and O–H groups in total. The van der Waals surface area contributed by atoms with Crippen molar-refractivity contribution in [3.63, 3.8) is 0 Å². The number of hydrogen-bond donors (Lipinski definition) is 0. The van der Waals surface area contributed by atoms with E-state index in [2.05, 4.69) is 9.05 Å². The van der Waals surface area contributed by atoms with E-state index >= 15 is 0 Å². The molecule has 0 bridgehead atoms. The molecule has 0 saturated carbocycles. The van der Waals surface area contributed by atoms with Crippen LogP contribution >= 0.6 is 7.60 Å². The van der Waals surface area contributed by atoms with Gasteiger partial charge in [-0.1, -0.05) is 6.08 Å². The van der Waals surface area contributed by atoms with Crippen molar-refractivity contribution >= 4 is 7.60 Å². The first-order valence-electron chi connectivity index (χ1n) is 7.13. The Bertz CT molecular complexity index is 360. The lowest BCUT2D eigenvalue weighted by Crippen LogP contribution is -2.22. The lowest BCUT2D eigenvalue weighted by molar-refractivity contribution is -0.155. The summed E-state index contributed by atoms with van der Waals surface area (Å²) in [7, 11) is -4.50. The summed E-state index contributed by atoms with van der Waals surface area (Å²) in [4.78, 5) is 0. The molecule has 0 aromatic heterocycles. The molecule has 1 aliphatic heterocycles. The minimum Gasteiger partial charge on any atom is -0.353 e. The minimum atomic E-state index is -4.50.